The molecule has 6 rings (SSSR count). The van der Waals surface area contributed by atoms with Gasteiger partial charge >= 0.3 is 0 Å². The summed E-state index contributed by atoms with van der Waals surface area (Å²) in [6.07, 6.45) is 7.00. The number of anilines is 2. The molecule has 0 N–H and O–H groups in total. The van der Waals surface area contributed by atoms with Crippen molar-refractivity contribution in [2.24, 2.45) is 0 Å². The molecule has 1 atom stereocenters. The molecule has 2 saturated heterocycles. The highest BCUT2D eigenvalue weighted by molar-refractivity contribution is 5.87. The van der Waals surface area contributed by atoms with E-state index in [9.17, 15) is 10.1 Å². The SMILES string of the molecule is C=CC(=O)N1CCN(c2c(C#N)c(OCC3CCCN3C)nc3c2CCN(c2ccccc2C2CC2)C3)CC1. The van der Waals surface area contributed by atoms with Gasteiger partial charge in [-0.2, -0.15) is 5.26 Å². The van der Waals surface area contributed by atoms with Crippen LogP contribution in [-0.2, 0) is 17.8 Å². The minimum atomic E-state index is -0.0402. The van der Waals surface area contributed by atoms with Crippen LogP contribution in [0.15, 0.2) is 36.9 Å². The fraction of sp³-hybridized carbons (Fsp3) is 0.516. The Bertz CT molecular complexity index is 1290. The largest absolute Gasteiger partial charge is 0.475 e. The van der Waals surface area contributed by atoms with E-state index in [1.54, 1.807) is 0 Å². The topological polar surface area (TPSA) is 75.9 Å². The molecule has 0 radical (unpaired) electrons. The van der Waals surface area contributed by atoms with Gasteiger partial charge in [-0.15, -0.1) is 0 Å². The third-order valence-corrected chi connectivity index (χ3v) is 8.87. The van der Waals surface area contributed by atoms with E-state index < -0.39 is 0 Å². The second kappa shape index (κ2) is 10.9. The molecule has 8 heteroatoms. The van der Waals surface area contributed by atoms with E-state index in [1.165, 1.54) is 36.6 Å². The monoisotopic (exact) mass is 526 g/mol. The Morgan fingerprint density at radius 3 is 2.62 bits per heavy atom. The molecule has 1 amide bonds. The number of likely N-dealkylation sites (N-methyl/N-ethyl adjacent to an activating group) is 1. The maximum atomic E-state index is 12.2. The second-order valence-corrected chi connectivity index (χ2v) is 11.3. The number of carbonyl (C=O) groups excluding carboxylic acids is 1. The first-order valence-corrected chi connectivity index (χ1v) is 14.4. The Kier molecular flexibility index (Phi) is 7.18. The molecule has 2 aromatic rings. The van der Waals surface area contributed by atoms with E-state index in [2.05, 4.69) is 58.7 Å². The molecule has 8 nitrogen and oxygen atoms in total. The number of aromatic nitrogens is 1. The van der Waals surface area contributed by atoms with Crippen LogP contribution in [0, 0.1) is 11.3 Å². The van der Waals surface area contributed by atoms with Gasteiger partial charge in [0.15, 0.2) is 0 Å². The standard InChI is InChI=1S/C31H38N6O2/c1-3-29(38)35-15-17-36(18-16-35)30-25-12-14-37(28-9-5-4-8-24(28)22-10-11-22)20-27(25)33-31(26(30)19-32)39-21-23-7-6-13-34(23)2/h3-5,8-9,22-23H,1,6-7,10-18,20-21H2,2H3. The van der Waals surface area contributed by atoms with E-state index in [4.69, 9.17) is 9.72 Å². The summed E-state index contributed by atoms with van der Waals surface area (Å²) in [6, 6.07) is 11.6. The number of para-hydroxylation sites is 1. The number of hydrogen-bond donors (Lipinski definition) is 0. The molecule has 1 aromatic heterocycles. The van der Waals surface area contributed by atoms with Gasteiger partial charge in [0, 0.05) is 50.0 Å². The van der Waals surface area contributed by atoms with Crippen molar-refractivity contribution in [2.45, 2.75) is 50.6 Å². The van der Waals surface area contributed by atoms with Crippen molar-refractivity contribution in [1.82, 2.24) is 14.8 Å². The number of carbonyl (C=O) groups is 1. The van der Waals surface area contributed by atoms with Crippen LogP contribution in [0.2, 0.25) is 0 Å². The van der Waals surface area contributed by atoms with Gasteiger partial charge in [-0.1, -0.05) is 24.8 Å². The van der Waals surface area contributed by atoms with Crippen molar-refractivity contribution >= 4 is 17.3 Å². The van der Waals surface area contributed by atoms with Gasteiger partial charge in [0.25, 0.3) is 0 Å². The maximum Gasteiger partial charge on any atom is 0.246 e. The molecule has 3 aliphatic heterocycles. The van der Waals surface area contributed by atoms with Crippen molar-refractivity contribution in [3.05, 3.63) is 59.3 Å². The van der Waals surface area contributed by atoms with Crippen molar-refractivity contribution in [1.29, 1.82) is 5.26 Å². The lowest BCUT2D eigenvalue weighted by Crippen LogP contribution is -2.49. The average Bonchev–Trinajstić information content (AvgIpc) is 3.75. The summed E-state index contributed by atoms with van der Waals surface area (Å²) in [5.74, 6) is 1.08. The fourth-order valence-electron chi connectivity index (χ4n) is 6.45. The lowest BCUT2D eigenvalue weighted by Gasteiger charge is -2.39. The average molecular weight is 527 g/mol. The van der Waals surface area contributed by atoms with E-state index in [0.29, 0.717) is 62.7 Å². The summed E-state index contributed by atoms with van der Waals surface area (Å²) >= 11 is 0. The van der Waals surface area contributed by atoms with Crippen molar-refractivity contribution < 1.29 is 9.53 Å². The molecule has 3 fully saturated rings. The van der Waals surface area contributed by atoms with Crippen LogP contribution in [0.4, 0.5) is 11.4 Å². The Morgan fingerprint density at radius 1 is 1.13 bits per heavy atom. The third-order valence-electron chi connectivity index (χ3n) is 8.87. The fourth-order valence-corrected chi connectivity index (χ4v) is 6.45. The Labute approximate surface area is 231 Å². The smallest absolute Gasteiger partial charge is 0.246 e. The minimum absolute atomic E-state index is 0.0402. The third kappa shape index (κ3) is 5.08. The molecule has 4 aliphatic rings. The highest BCUT2D eigenvalue weighted by Crippen LogP contribution is 2.45. The molecular weight excluding hydrogens is 488 g/mol. The number of likely N-dealkylation sites (tertiary alicyclic amines) is 1. The highest BCUT2D eigenvalue weighted by atomic mass is 16.5. The van der Waals surface area contributed by atoms with Crippen LogP contribution in [0.25, 0.3) is 0 Å². The number of fused-ring (bicyclic) bond motifs is 1. The Hall–Kier alpha value is -3.57. The number of rotatable bonds is 7. The molecule has 0 spiro atoms. The normalized spacial score (nSPS) is 21.4. The summed E-state index contributed by atoms with van der Waals surface area (Å²) < 4.78 is 6.37. The summed E-state index contributed by atoms with van der Waals surface area (Å²) in [6.45, 7) is 9.39. The lowest BCUT2D eigenvalue weighted by molar-refractivity contribution is -0.126. The molecule has 1 aliphatic carbocycles. The van der Waals surface area contributed by atoms with Gasteiger partial charge < -0.3 is 24.3 Å². The molecule has 39 heavy (non-hydrogen) atoms. The van der Waals surface area contributed by atoms with E-state index in [1.807, 2.05) is 4.90 Å². The quantitative estimate of drug-likeness (QED) is 0.509. The molecule has 4 heterocycles. The van der Waals surface area contributed by atoms with Crippen LogP contribution in [0.5, 0.6) is 5.88 Å². The number of piperazine rings is 1. The van der Waals surface area contributed by atoms with E-state index in [0.717, 1.165) is 42.9 Å². The molecule has 1 unspecified atom stereocenters. The zero-order valence-corrected chi connectivity index (χ0v) is 22.9. The number of amides is 1. The number of pyridine rings is 1. The summed E-state index contributed by atoms with van der Waals surface area (Å²) in [4.78, 5) is 26.1. The number of benzene rings is 1. The van der Waals surface area contributed by atoms with Crippen LogP contribution < -0.4 is 14.5 Å². The van der Waals surface area contributed by atoms with Crippen LogP contribution in [-0.4, -0.2) is 79.7 Å². The van der Waals surface area contributed by atoms with Gasteiger partial charge in [-0.3, -0.25) is 4.79 Å². The predicted octanol–water partition coefficient (Wildman–Crippen LogP) is 3.70. The van der Waals surface area contributed by atoms with Gasteiger partial charge in [0.05, 0.1) is 17.9 Å². The van der Waals surface area contributed by atoms with Gasteiger partial charge in [0.1, 0.15) is 18.2 Å². The number of nitrogens with zero attached hydrogens (tertiary/aromatic N) is 6. The van der Waals surface area contributed by atoms with Crippen molar-refractivity contribution in [2.75, 3.05) is 62.7 Å². The highest BCUT2D eigenvalue weighted by Gasteiger charge is 2.33. The van der Waals surface area contributed by atoms with E-state index in [-0.39, 0.29) is 5.91 Å². The minimum Gasteiger partial charge on any atom is -0.475 e. The van der Waals surface area contributed by atoms with Crippen molar-refractivity contribution in [3.8, 4) is 11.9 Å². The summed E-state index contributed by atoms with van der Waals surface area (Å²) in [5.41, 5.74) is 6.40. The van der Waals surface area contributed by atoms with E-state index >= 15 is 0 Å². The first kappa shape index (κ1) is 25.7. The molecule has 204 valence electrons. The maximum absolute atomic E-state index is 12.2. The summed E-state index contributed by atoms with van der Waals surface area (Å²) in [5, 5.41) is 10.4. The first-order valence-electron chi connectivity index (χ1n) is 14.4. The van der Waals surface area contributed by atoms with Crippen molar-refractivity contribution in [3.63, 3.8) is 0 Å². The van der Waals surface area contributed by atoms with Gasteiger partial charge in [0.2, 0.25) is 11.8 Å². The Balaban J connectivity index is 1.34. The van der Waals surface area contributed by atoms with Gasteiger partial charge in [-0.25, -0.2) is 4.98 Å². The first-order chi connectivity index (χ1) is 19.1. The summed E-state index contributed by atoms with van der Waals surface area (Å²) in [7, 11) is 2.14. The molecular formula is C31H38N6O2. The van der Waals surface area contributed by atoms with Crippen LogP contribution in [0.1, 0.15) is 54.0 Å². The van der Waals surface area contributed by atoms with Crippen LogP contribution >= 0.6 is 0 Å². The zero-order valence-electron chi connectivity index (χ0n) is 22.9. The second-order valence-electron chi connectivity index (χ2n) is 11.3. The predicted molar refractivity (Wildman–Crippen MR) is 152 cm³/mol. The number of ether oxygens (including phenoxy) is 1. The molecule has 0 bridgehead atoms. The van der Waals surface area contributed by atoms with Gasteiger partial charge in [-0.05, 0) is 69.3 Å². The molecule has 1 saturated carbocycles. The number of nitriles is 1. The Morgan fingerprint density at radius 2 is 1.92 bits per heavy atom. The zero-order chi connectivity index (χ0) is 26.9. The lowest BCUT2D eigenvalue weighted by atomic mass is 9.97. The number of hydrogen-bond acceptors (Lipinski definition) is 7. The van der Waals surface area contributed by atoms with Crippen LogP contribution in [0.3, 0.4) is 0 Å². The molecule has 1 aromatic carbocycles.